The van der Waals surface area contributed by atoms with Crippen LogP contribution in [-0.2, 0) is 9.47 Å². The maximum atomic E-state index is 10.1. The number of nitrogens with two attached hydrogens (primary N) is 2. The summed E-state index contributed by atoms with van der Waals surface area (Å²) in [6, 6.07) is 0. The molecule has 7 nitrogen and oxygen atoms in total. The molecule has 148 valence electrons. The van der Waals surface area contributed by atoms with Crippen LogP contribution in [0.1, 0.15) is 73.1 Å². The molecule has 0 bridgehead atoms. The fourth-order valence-electron chi connectivity index (χ4n) is 3.74. The Morgan fingerprint density at radius 1 is 0.880 bits per heavy atom. The van der Waals surface area contributed by atoms with E-state index in [9.17, 15) is 9.59 Å². The van der Waals surface area contributed by atoms with Crippen molar-refractivity contribution in [3.63, 3.8) is 0 Å². The van der Waals surface area contributed by atoms with Gasteiger partial charge in [0.2, 0.25) is 0 Å². The van der Waals surface area contributed by atoms with Gasteiger partial charge in [0.1, 0.15) is 0 Å². The van der Waals surface area contributed by atoms with E-state index in [4.69, 9.17) is 11.5 Å². The number of unbranched alkanes of at least 4 members (excludes halogenated alkanes) is 3. The number of piperidine rings is 1. The molecule has 0 saturated carbocycles. The summed E-state index contributed by atoms with van der Waals surface area (Å²) in [6.45, 7) is 12.2. The zero-order valence-electron chi connectivity index (χ0n) is 16.5. The summed E-state index contributed by atoms with van der Waals surface area (Å²) >= 11 is 0. The van der Waals surface area contributed by atoms with Gasteiger partial charge >= 0.3 is 12.2 Å². The number of primary amides is 2. The van der Waals surface area contributed by atoms with Gasteiger partial charge in [-0.25, -0.2) is 9.59 Å². The van der Waals surface area contributed by atoms with Gasteiger partial charge in [-0.1, -0.05) is 6.92 Å². The fourth-order valence-corrected chi connectivity index (χ4v) is 3.74. The number of hydrogen-bond donors (Lipinski definition) is 3. The molecule has 0 aromatic heterocycles. The number of carbonyl (C=O) groups excluding carboxylic acids is 2. The lowest BCUT2D eigenvalue weighted by Gasteiger charge is -2.45. The van der Waals surface area contributed by atoms with Gasteiger partial charge in [0.05, 0.1) is 13.2 Å². The molecule has 0 radical (unpaired) electrons. The van der Waals surface area contributed by atoms with Crippen LogP contribution >= 0.6 is 0 Å². The highest BCUT2D eigenvalue weighted by atomic mass is 16.5. The normalized spacial score (nSPS) is 18.6. The second-order valence-corrected chi connectivity index (χ2v) is 8.16. The van der Waals surface area contributed by atoms with Gasteiger partial charge in [0, 0.05) is 11.1 Å². The molecule has 0 aromatic carbocycles. The predicted octanol–water partition coefficient (Wildman–Crippen LogP) is 3.30. The van der Waals surface area contributed by atoms with Crippen LogP contribution in [0, 0.1) is 5.92 Å². The zero-order chi connectivity index (χ0) is 19.5. The van der Waals surface area contributed by atoms with Gasteiger partial charge in [0.15, 0.2) is 0 Å². The summed E-state index contributed by atoms with van der Waals surface area (Å²) < 4.78 is 9.04. The topological polar surface area (TPSA) is 117 Å². The SMILES string of the molecule is CC1CC(C)(C)NC(C)(C)C1.NC(=O)OCCCCCCOC(N)=O. The molecular weight excluding hydrogens is 322 g/mol. The predicted molar refractivity (Wildman–Crippen MR) is 99.2 cm³/mol. The molecule has 1 saturated heterocycles. The summed E-state index contributed by atoms with van der Waals surface area (Å²) in [5, 5.41) is 3.66. The smallest absolute Gasteiger partial charge is 0.404 e. The van der Waals surface area contributed by atoms with Crippen LogP contribution in [-0.4, -0.2) is 36.5 Å². The van der Waals surface area contributed by atoms with Crippen LogP contribution in [0.15, 0.2) is 0 Å². The van der Waals surface area contributed by atoms with E-state index < -0.39 is 12.2 Å². The van der Waals surface area contributed by atoms with E-state index >= 15 is 0 Å². The van der Waals surface area contributed by atoms with E-state index in [1.54, 1.807) is 0 Å². The third-order valence-electron chi connectivity index (χ3n) is 3.92. The molecule has 0 aromatic rings. The molecule has 0 atom stereocenters. The Morgan fingerprint density at radius 3 is 1.52 bits per heavy atom. The van der Waals surface area contributed by atoms with Crippen molar-refractivity contribution in [1.29, 1.82) is 0 Å². The molecule has 0 unspecified atom stereocenters. The van der Waals surface area contributed by atoms with E-state index in [2.05, 4.69) is 49.4 Å². The van der Waals surface area contributed by atoms with E-state index in [1.165, 1.54) is 12.8 Å². The molecule has 1 aliphatic heterocycles. The summed E-state index contributed by atoms with van der Waals surface area (Å²) in [6.07, 6.45) is 4.43. The highest BCUT2D eigenvalue weighted by molar-refractivity contribution is 5.64. The van der Waals surface area contributed by atoms with E-state index in [0.717, 1.165) is 31.6 Å². The molecule has 0 aliphatic carbocycles. The first-order chi connectivity index (χ1) is 11.4. The maximum absolute atomic E-state index is 10.1. The Kier molecular flexibility index (Phi) is 10.5. The van der Waals surface area contributed by atoms with Crippen LogP contribution < -0.4 is 16.8 Å². The van der Waals surface area contributed by atoms with Gasteiger partial charge in [-0.3, -0.25) is 0 Å². The van der Waals surface area contributed by atoms with Gasteiger partial charge < -0.3 is 26.3 Å². The summed E-state index contributed by atoms with van der Waals surface area (Å²) in [5.41, 5.74) is 10.2. The van der Waals surface area contributed by atoms with Crippen LogP contribution in [0.3, 0.4) is 0 Å². The highest BCUT2D eigenvalue weighted by Crippen LogP contribution is 2.31. The lowest BCUT2D eigenvalue weighted by Crippen LogP contribution is -2.57. The van der Waals surface area contributed by atoms with Crippen molar-refractivity contribution in [1.82, 2.24) is 5.32 Å². The number of hydrogen-bond acceptors (Lipinski definition) is 5. The molecule has 2 amide bonds. The Morgan fingerprint density at radius 2 is 1.24 bits per heavy atom. The number of nitrogens with one attached hydrogen (secondary N) is 1. The van der Waals surface area contributed by atoms with Crippen molar-refractivity contribution in [2.45, 2.75) is 84.2 Å². The first-order valence-electron chi connectivity index (χ1n) is 9.07. The fraction of sp³-hybridized carbons (Fsp3) is 0.889. The number of ether oxygens (including phenoxy) is 2. The highest BCUT2D eigenvalue weighted by Gasteiger charge is 2.35. The lowest BCUT2D eigenvalue weighted by atomic mass is 9.77. The zero-order valence-corrected chi connectivity index (χ0v) is 16.5. The third-order valence-corrected chi connectivity index (χ3v) is 3.92. The molecule has 1 heterocycles. The molecule has 1 aliphatic rings. The maximum Gasteiger partial charge on any atom is 0.404 e. The molecule has 7 heteroatoms. The van der Waals surface area contributed by atoms with Gasteiger partial charge in [-0.15, -0.1) is 0 Å². The molecule has 0 spiro atoms. The van der Waals surface area contributed by atoms with Gasteiger partial charge in [-0.05, 0) is 72.1 Å². The van der Waals surface area contributed by atoms with Gasteiger partial charge in [-0.2, -0.15) is 0 Å². The molecule has 5 N–H and O–H groups in total. The van der Waals surface area contributed by atoms with Crippen LogP contribution in [0.25, 0.3) is 0 Å². The van der Waals surface area contributed by atoms with E-state index in [-0.39, 0.29) is 0 Å². The first-order valence-corrected chi connectivity index (χ1v) is 9.07. The minimum absolute atomic E-state index is 0.334. The lowest BCUT2D eigenvalue weighted by molar-refractivity contribution is 0.138. The van der Waals surface area contributed by atoms with Crippen LogP contribution in [0.2, 0.25) is 0 Å². The minimum Gasteiger partial charge on any atom is -0.450 e. The Labute approximate surface area is 152 Å². The van der Waals surface area contributed by atoms with Crippen molar-refractivity contribution in [3.05, 3.63) is 0 Å². The van der Waals surface area contributed by atoms with Gasteiger partial charge in [0.25, 0.3) is 0 Å². The summed E-state index contributed by atoms with van der Waals surface area (Å²) in [7, 11) is 0. The van der Waals surface area contributed by atoms with Crippen molar-refractivity contribution >= 4 is 12.2 Å². The Bertz CT molecular complexity index is 375. The Hall–Kier alpha value is -1.50. The average molecular weight is 360 g/mol. The first kappa shape index (κ1) is 23.5. The van der Waals surface area contributed by atoms with Crippen molar-refractivity contribution in [3.8, 4) is 0 Å². The number of carbonyl (C=O) groups is 2. The second-order valence-electron chi connectivity index (χ2n) is 8.16. The minimum atomic E-state index is -0.748. The Balaban J connectivity index is 0.000000472. The molecule has 1 rings (SSSR count). The monoisotopic (exact) mass is 359 g/mol. The van der Waals surface area contributed by atoms with E-state index in [1.807, 2.05) is 0 Å². The van der Waals surface area contributed by atoms with Crippen LogP contribution in [0.4, 0.5) is 9.59 Å². The molecule has 25 heavy (non-hydrogen) atoms. The third kappa shape index (κ3) is 14.5. The van der Waals surface area contributed by atoms with E-state index in [0.29, 0.717) is 24.3 Å². The average Bonchev–Trinajstić information content (AvgIpc) is 2.37. The largest absolute Gasteiger partial charge is 0.450 e. The quantitative estimate of drug-likeness (QED) is 0.603. The number of rotatable bonds is 7. The van der Waals surface area contributed by atoms with Crippen LogP contribution in [0.5, 0.6) is 0 Å². The number of amides is 2. The van der Waals surface area contributed by atoms with Crippen molar-refractivity contribution < 1.29 is 19.1 Å². The summed E-state index contributed by atoms with van der Waals surface area (Å²) in [5.74, 6) is 0.862. The summed E-state index contributed by atoms with van der Waals surface area (Å²) in [4.78, 5) is 20.3. The van der Waals surface area contributed by atoms with Crippen molar-refractivity contribution in [2.75, 3.05) is 13.2 Å². The second kappa shape index (κ2) is 11.2. The van der Waals surface area contributed by atoms with Crippen molar-refractivity contribution in [2.24, 2.45) is 17.4 Å². The molecular formula is C18H37N3O4. The molecule has 1 fully saturated rings. The standard InChI is InChI=1S/C10H21N.C8H16N2O4/c1-8-6-9(2,3)11-10(4,5)7-8;9-7(11)13-5-3-1-2-4-6-14-8(10)12/h8,11H,6-7H2,1-5H3;1-6H2,(H2,9,11)(H2,10,12).